The van der Waals surface area contributed by atoms with Crippen LogP contribution in [0.15, 0.2) is 30.3 Å². The number of piperidine rings is 1. The van der Waals surface area contributed by atoms with Crippen molar-refractivity contribution in [2.24, 2.45) is 5.73 Å². The highest BCUT2D eigenvalue weighted by Crippen LogP contribution is 2.10. The zero-order valence-corrected chi connectivity index (χ0v) is 11.1. The van der Waals surface area contributed by atoms with Crippen LogP contribution in [0.2, 0.25) is 0 Å². The summed E-state index contributed by atoms with van der Waals surface area (Å²) in [5, 5.41) is 0. The lowest BCUT2D eigenvalue weighted by molar-refractivity contribution is 0.0873. The van der Waals surface area contributed by atoms with Crippen molar-refractivity contribution in [2.75, 3.05) is 13.1 Å². The van der Waals surface area contributed by atoms with Gasteiger partial charge in [0.15, 0.2) is 0 Å². The van der Waals surface area contributed by atoms with E-state index in [9.17, 15) is 4.79 Å². The number of nitrogens with zero attached hydrogens (tertiary/aromatic N) is 1. The summed E-state index contributed by atoms with van der Waals surface area (Å²) in [5.41, 5.74) is 6.79. The van der Waals surface area contributed by atoms with Crippen LogP contribution in [-0.4, -0.2) is 30.1 Å². The number of hydrogen-bond donors (Lipinski definition) is 1. The van der Waals surface area contributed by atoms with Gasteiger partial charge in [0.25, 0.3) is 0 Å². The van der Waals surface area contributed by atoms with Gasteiger partial charge >= 0.3 is 6.09 Å². The van der Waals surface area contributed by atoms with E-state index in [4.69, 9.17) is 10.5 Å². The van der Waals surface area contributed by atoms with Crippen molar-refractivity contribution in [1.29, 1.82) is 0 Å². The SMILES string of the molecule is Cl.NC1CCN(C(=O)OCc2ccccc2)CC1. The van der Waals surface area contributed by atoms with Crippen LogP contribution in [0.4, 0.5) is 4.79 Å². The number of ether oxygens (including phenoxy) is 1. The predicted octanol–water partition coefficient (Wildman–Crippen LogP) is 2.17. The summed E-state index contributed by atoms with van der Waals surface area (Å²) in [6.07, 6.45) is 1.49. The van der Waals surface area contributed by atoms with Crippen LogP contribution in [0, 0.1) is 0 Å². The molecule has 0 unspecified atom stereocenters. The first-order chi connectivity index (χ1) is 8.25. The van der Waals surface area contributed by atoms with Crippen LogP contribution >= 0.6 is 12.4 Å². The lowest BCUT2D eigenvalue weighted by atomic mass is 10.1. The number of carbonyl (C=O) groups is 1. The summed E-state index contributed by atoms with van der Waals surface area (Å²) in [7, 11) is 0. The fourth-order valence-electron chi connectivity index (χ4n) is 1.89. The van der Waals surface area contributed by atoms with Gasteiger partial charge in [-0.2, -0.15) is 0 Å². The topological polar surface area (TPSA) is 55.6 Å². The summed E-state index contributed by atoms with van der Waals surface area (Å²) >= 11 is 0. The summed E-state index contributed by atoms with van der Waals surface area (Å²) < 4.78 is 5.25. The number of nitrogens with two attached hydrogens (primary N) is 1. The van der Waals surface area contributed by atoms with Gasteiger partial charge < -0.3 is 15.4 Å². The zero-order valence-electron chi connectivity index (χ0n) is 10.2. The number of rotatable bonds is 2. The lowest BCUT2D eigenvalue weighted by Crippen LogP contribution is -2.43. The van der Waals surface area contributed by atoms with E-state index in [-0.39, 0.29) is 24.5 Å². The summed E-state index contributed by atoms with van der Waals surface area (Å²) in [6.45, 7) is 1.74. The van der Waals surface area contributed by atoms with Gasteiger partial charge in [-0.1, -0.05) is 30.3 Å². The Kier molecular flexibility index (Phi) is 5.95. The van der Waals surface area contributed by atoms with Gasteiger partial charge in [0.05, 0.1) is 0 Å². The first kappa shape index (κ1) is 14.8. The second-order valence-electron chi connectivity index (χ2n) is 4.36. The third kappa shape index (κ3) is 4.20. The van der Waals surface area contributed by atoms with E-state index in [1.165, 1.54) is 0 Å². The minimum absolute atomic E-state index is 0. The number of hydrogen-bond acceptors (Lipinski definition) is 3. The van der Waals surface area contributed by atoms with Gasteiger partial charge in [0, 0.05) is 19.1 Å². The van der Waals surface area contributed by atoms with Gasteiger partial charge in [-0.05, 0) is 18.4 Å². The van der Waals surface area contributed by atoms with Gasteiger partial charge in [0.1, 0.15) is 6.61 Å². The Hall–Kier alpha value is -1.26. The summed E-state index contributed by atoms with van der Waals surface area (Å²) in [4.78, 5) is 13.5. The number of halogens is 1. The Labute approximate surface area is 114 Å². The normalized spacial score (nSPS) is 15.9. The average molecular weight is 271 g/mol. The molecular formula is C13H19ClN2O2. The molecule has 2 rings (SSSR count). The highest BCUT2D eigenvalue weighted by Gasteiger charge is 2.21. The van der Waals surface area contributed by atoms with Crippen LogP contribution in [0.1, 0.15) is 18.4 Å². The van der Waals surface area contributed by atoms with E-state index in [0.29, 0.717) is 19.7 Å². The maximum Gasteiger partial charge on any atom is 0.410 e. The molecule has 1 amide bonds. The smallest absolute Gasteiger partial charge is 0.410 e. The highest BCUT2D eigenvalue weighted by molar-refractivity contribution is 5.85. The molecule has 0 saturated carbocycles. The Morgan fingerprint density at radius 3 is 2.50 bits per heavy atom. The second kappa shape index (κ2) is 7.24. The van der Waals surface area contributed by atoms with Gasteiger partial charge in [-0.25, -0.2) is 4.79 Å². The van der Waals surface area contributed by atoms with E-state index in [1.807, 2.05) is 30.3 Å². The number of carbonyl (C=O) groups excluding carboxylic acids is 1. The Balaban J connectivity index is 0.00000162. The molecule has 0 atom stereocenters. The fraction of sp³-hybridized carbons (Fsp3) is 0.462. The molecule has 0 radical (unpaired) electrons. The van der Waals surface area contributed by atoms with Gasteiger partial charge in [-0.3, -0.25) is 0 Å². The number of benzene rings is 1. The lowest BCUT2D eigenvalue weighted by Gasteiger charge is -2.29. The van der Waals surface area contributed by atoms with Crippen LogP contribution in [0.25, 0.3) is 0 Å². The quantitative estimate of drug-likeness (QED) is 0.896. The molecule has 18 heavy (non-hydrogen) atoms. The van der Waals surface area contributed by atoms with Crippen molar-refractivity contribution < 1.29 is 9.53 Å². The van der Waals surface area contributed by atoms with E-state index in [0.717, 1.165) is 18.4 Å². The monoisotopic (exact) mass is 270 g/mol. The van der Waals surface area contributed by atoms with Crippen molar-refractivity contribution >= 4 is 18.5 Å². The standard InChI is InChI=1S/C13H18N2O2.ClH/c14-12-6-8-15(9-7-12)13(16)17-10-11-4-2-1-3-5-11;/h1-5,12H,6-10,14H2;1H. The summed E-state index contributed by atoms with van der Waals surface area (Å²) in [5.74, 6) is 0. The van der Waals surface area contributed by atoms with Crippen molar-refractivity contribution in [3.8, 4) is 0 Å². The van der Waals surface area contributed by atoms with Crippen molar-refractivity contribution in [3.05, 3.63) is 35.9 Å². The zero-order chi connectivity index (χ0) is 12.1. The minimum atomic E-state index is -0.235. The molecule has 1 aromatic carbocycles. The van der Waals surface area contributed by atoms with Crippen molar-refractivity contribution in [1.82, 2.24) is 4.90 Å². The fourth-order valence-corrected chi connectivity index (χ4v) is 1.89. The Bertz CT molecular complexity index is 365. The molecule has 0 aliphatic carbocycles. The number of amides is 1. The molecule has 5 heteroatoms. The van der Waals surface area contributed by atoms with Crippen LogP contribution in [-0.2, 0) is 11.3 Å². The maximum atomic E-state index is 11.7. The molecule has 2 N–H and O–H groups in total. The molecule has 0 bridgehead atoms. The predicted molar refractivity (Wildman–Crippen MR) is 72.7 cm³/mol. The molecule has 1 heterocycles. The molecule has 1 saturated heterocycles. The van der Waals surface area contributed by atoms with Crippen LogP contribution in [0.3, 0.4) is 0 Å². The first-order valence-electron chi connectivity index (χ1n) is 5.97. The Morgan fingerprint density at radius 2 is 1.89 bits per heavy atom. The molecule has 100 valence electrons. The average Bonchev–Trinajstić information content (AvgIpc) is 2.38. The van der Waals surface area contributed by atoms with Crippen molar-refractivity contribution in [3.63, 3.8) is 0 Å². The third-order valence-corrected chi connectivity index (χ3v) is 3.00. The highest BCUT2D eigenvalue weighted by atomic mass is 35.5. The summed E-state index contributed by atoms with van der Waals surface area (Å²) in [6, 6.07) is 9.93. The van der Waals surface area contributed by atoms with Gasteiger partial charge in [-0.15, -0.1) is 12.4 Å². The van der Waals surface area contributed by atoms with Crippen LogP contribution in [0.5, 0.6) is 0 Å². The van der Waals surface area contributed by atoms with Crippen LogP contribution < -0.4 is 5.73 Å². The molecule has 0 aromatic heterocycles. The Morgan fingerprint density at radius 1 is 1.28 bits per heavy atom. The van der Waals surface area contributed by atoms with E-state index < -0.39 is 0 Å². The van der Waals surface area contributed by atoms with E-state index in [2.05, 4.69) is 0 Å². The second-order valence-corrected chi connectivity index (χ2v) is 4.36. The maximum absolute atomic E-state index is 11.7. The van der Waals surface area contributed by atoms with Crippen molar-refractivity contribution in [2.45, 2.75) is 25.5 Å². The third-order valence-electron chi connectivity index (χ3n) is 3.00. The molecule has 1 fully saturated rings. The van der Waals surface area contributed by atoms with E-state index in [1.54, 1.807) is 4.90 Å². The molecule has 4 nitrogen and oxygen atoms in total. The molecular weight excluding hydrogens is 252 g/mol. The largest absolute Gasteiger partial charge is 0.445 e. The molecule has 1 aromatic rings. The van der Waals surface area contributed by atoms with Gasteiger partial charge in [0.2, 0.25) is 0 Å². The molecule has 1 aliphatic rings. The molecule has 0 spiro atoms. The molecule has 1 aliphatic heterocycles. The minimum Gasteiger partial charge on any atom is -0.445 e. The number of likely N-dealkylation sites (tertiary alicyclic amines) is 1. The van der Waals surface area contributed by atoms with E-state index >= 15 is 0 Å². The first-order valence-corrected chi connectivity index (χ1v) is 5.97.